The fourth-order valence-corrected chi connectivity index (χ4v) is 3.96. The third-order valence-electron chi connectivity index (χ3n) is 5.27. The van der Waals surface area contributed by atoms with Gasteiger partial charge >= 0.3 is 12.1 Å². The molecule has 1 unspecified atom stereocenters. The number of likely N-dealkylation sites (N-methyl/N-ethyl adjacent to an activating group) is 1. The van der Waals surface area contributed by atoms with Crippen molar-refractivity contribution in [3.05, 3.63) is 59.7 Å². The number of carbonyl (C=O) groups is 2. The van der Waals surface area contributed by atoms with Crippen molar-refractivity contribution >= 4 is 12.1 Å². The Labute approximate surface area is 165 Å². The molecule has 5 nitrogen and oxygen atoms in total. The van der Waals surface area contributed by atoms with Gasteiger partial charge in [-0.2, -0.15) is 0 Å². The molecule has 3 rings (SSSR count). The number of hydrogen-bond acceptors (Lipinski definition) is 3. The number of aliphatic carboxylic acids is 1. The topological polar surface area (TPSA) is 66.8 Å². The molecule has 2 aromatic carbocycles. The van der Waals surface area contributed by atoms with E-state index in [4.69, 9.17) is 4.74 Å². The molecular formula is C23H27NO4. The van der Waals surface area contributed by atoms with Gasteiger partial charge in [0.05, 0.1) is 0 Å². The zero-order valence-corrected chi connectivity index (χ0v) is 16.6. The van der Waals surface area contributed by atoms with Gasteiger partial charge in [-0.05, 0) is 41.5 Å². The van der Waals surface area contributed by atoms with E-state index in [9.17, 15) is 14.7 Å². The van der Waals surface area contributed by atoms with Gasteiger partial charge in [-0.3, -0.25) is 4.90 Å². The van der Waals surface area contributed by atoms with Gasteiger partial charge in [-0.25, -0.2) is 9.59 Å². The lowest BCUT2D eigenvalue weighted by Gasteiger charge is -2.28. The molecule has 0 bridgehead atoms. The fraction of sp³-hybridized carbons (Fsp3) is 0.391. The van der Waals surface area contributed by atoms with Gasteiger partial charge < -0.3 is 9.84 Å². The number of hydrogen-bond donors (Lipinski definition) is 1. The van der Waals surface area contributed by atoms with Crippen LogP contribution in [0.4, 0.5) is 4.79 Å². The van der Waals surface area contributed by atoms with E-state index in [-0.39, 0.29) is 18.4 Å². The average molecular weight is 381 g/mol. The summed E-state index contributed by atoms with van der Waals surface area (Å²) >= 11 is 0. The lowest BCUT2D eigenvalue weighted by molar-refractivity contribution is -0.143. The van der Waals surface area contributed by atoms with Crippen LogP contribution in [0.25, 0.3) is 11.1 Å². The number of carboxylic acid groups (broad SMARTS) is 1. The van der Waals surface area contributed by atoms with Crippen molar-refractivity contribution in [2.45, 2.75) is 39.2 Å². The average Bonchev–Trinajstić information content (AvgIpc) is 2.99. The molecule has 148 valence electrons. The molecule has 0 aromatic heterocycles. The summed E-state index contributed by atoms with van der Waals surface area (Å²) in [5.41, 5.74) is 4.59. The zero-order valence-electron chi connectivity index (χ0n) is 16.6. The van der Waals surface area contributed by atoms with Gasteiger partial charge in [0.2, 0.25) is 0 Å². The van der Waals surface area contributed by atoms with Gasteiger partial charge in [0.25, 0.3) is 0 Å². The molecule has 1 aliphatic carbocycles. The third-order valence-corrected chi connectivity index (χ3v) is 5.27. The first-order valence-corrected chi connectivity index (χ1v) is 9.78. The lowest BCUT2D eigenvalue weighted by Crippen LogP contribution is -2.46. The maximum atomic E-state index is 12.7. The van der Waals surface area contributed by atoms with Crippen molar-refractivity contribution in [2.24, 2.45) is 5.92 Å². The molecule has 2 aromatic rings. The summed E-state index contributed by atoms with van der Waals surface area (Å²) in [6, 6.07) is 15.4. The second-order valence-electron chi connectivity index (χ2n) is 7.57. The maximum Gasteiger partial charge on any atom is 0.410 e. The third kappa shape index (κ3) is 3.88. The van der Waals surface area contributed by atoms with Crippen LogP contribution in [0.5, 0.6) is 0 Å². The van der Waals surface area contributed by atoms with Crippen LogP contribution in [-0.4, -0.2) is 41.3 Å². The Hall–Kier alpha value is -2.82. The Bertz CT molecular complexity index is 816. The summed E-state index contributed by atoms with van der Waals surface area (Å²) < 4.78 is 5.63. The van der Waals surface area contributed by atoms with Crippen LogP contribution in [0.15, 0.2) is 48.5 Å². The SMILES string of the molecule is CCN(C(=O)OCC1c2ccccc2-c2ccccc21)C(CC(C)C)C(=O)O. The molecule has 0 radical (unpaired) electrons. The summed E-state index contributed by atoms with van der Waals surface area (Å²) in [7, 11) is 0. The molecular weight excluding hydrogens is 354 g/mol. The maximum absolute atomic E-state index is 12.7. The van der Waals surface area contributed by atoms with Crippen LogP contribution in [0.1, 0.15) is 44.2 Å². The Kier molecular flexibility index (Phi) is 6.02. The highest BCUT2D eigenvalue weighted by Gasteiger charge is 2.33. The molecule has 1 aliphatic rings. The van der Waals surface area contributed by atoms with Crippen LogP contribution in [0, 0.1) is 5.92 Å². The number of carboxylic acids is 1. The quantitative estimate of drug-likeness (QED) is 0.751. The molecule has 0 saturated carbocycles. The predicted octanol–water partition coefficient (Wildman–Crippen LogP) is 4.76. The molecule has 0 fully saturated rings. The highest BCUT2D eigenvalue weighted by molar-refractivity contribution is 5.81. The van der Waals surface area contributed by atoms with Crippen LogP contribution < -0.4 is 0 Å². The first-order valence-electron chi connectivity index (χ1n) is 9.78. The number of ether oxygens (including phenoxy) is 1. The van der Waals surface area contributed by atoms with Crippen molar-refractivity contribution < 1.29 is 19.4 Å². The first-order chi connectivity index (χ1) is 13.4. The number of benzene rings is 2. The lowest BCUT2D eigenvalue weighted by atomic mass is 9.98. The minimum Gasteiger partial charge on any atom is -0.480 e. The number of rotatable bonds is 7. The van der Waals surface area contributed by atoms with Crippen molar-refractivity contribution in [2.75, 3.05) is 13.2 Å². The summed E-state index contributed by atoms with van der Waals surface area (Å²) in [5.74, 6) is -0.871. The summed E-state index contributed by atoms with van der Waals surface area (Å²) in [4.78, 5) is 25.7. The smallest absolute Gasteiger partial charge is 0.410 e. The second-order valence-corrected chi connectivity index (χ2v) is 7.57. The van der Waals surface area contributed by atoms with Crippen LogP contribution in [0.2, 0.25) is 0 Å². The Morgan fingerprint density at radius 1 is 1.04 bits per heavy atom. The molecule has 0 aliphatic heterocycles. The summed E-state index contributed by atoms with van der Waals surface area (Å²) in [5, 5.41) is 9.56. The highest BCUT2D eigenvalue weighted by Crippen LogP contribution is 2.44. The van der Waals surface area contributed by atoms with Gasteiger partial charge in [-0.1, -0.05) is 62.4 Å². The molecule has 1 N–H and O–H groups in total. The predicted molar refractivity (Wildman–Crippen MR) is 108 cm³/mol. The second kappa shape index (κ2) is 8.46. The molecule has 0 saturated heterocycles. The van der Waals surface area contributed by atoms with Crippen molar-refractivity contribution in [1.29, 1.82) is 0 Å². The van der Waals surface area contributed by atoms with E-state index in [1.165, 1.54) is 4.90 Å². The minimum atomic E-state index is -0.996. The molecule has 1 amide bonds. The zero-order chi connectivity index (χ0) is 20.3. The number of fused-ring (bicyclic) bond motifs is 3. The molecule has 0 heterocycles. The fourth-order valence-electron chi connectivity index (χ4n) is 3.96. The van der Waals surface area contributed by atoms with E-state index in [0.29, 0.717) is 13.0 Å². The van der Waals surface area contributed by atoms with Gasteiger partial charge in [-0.15, -0.1) is 0 Å². The minimum absolute atomic E-state index is 0.0385. The van der Waals surface area contributed by atoms with Gasteiger partial charge in [0.15, 0.2) is 0 Å². The first kappa shape index (κ1) is 19.9. The Morgan fingerprint density at radius 3 is 2.04 bits per heavy atom. The highest BCUT2D eigenvalue weighted by atomic mass is 16.6. The largest absolute Gasteiger partial charge is 0.480 e. The number of nitrogens with zero attached hydrogens (tertiary/aromatic N) is 1. The Morgan fingerprint density at radius 2 is 1.57 bits per heavy atom. The van der Waals surface area contributed by atoms with Gasteiger partial charge in [0.1, 0.15) is 12.6 Å². The van der Waals surface area contributed by atoms with Crippen molar-refractivity contribution in [1.82, 2.24) is 4.90 Å². The van der Waals surface area contributed by atoms with E-state index in [1.807, 2.05) is 38.1 Å². The molecule has 5 heteroatoms. The number of carbonyl (C=O) groups excluding carboxylic acids is 1. The van der Waals surface area contributed by atoms with E-state index in [0.717, 1.165) is 22.3 Å². The summed E-state index contributed by atoms with van der Waals surface area (Å²) in [6.45, 7) is 6.15. The van der Waals surface area contributed by atoms with Crippen molar-refractivity contribution in [3.63, 3.8) is 0 Å². The normalized spacial score (nSPS) is 13.7. The van der Waals surface area contributed by atoms with Crippen LogP contribution in [-0.2, 0) is 9.53 Å². The van der Waals surface area contributed by atoms with Crippen LogP contribution in [0.3, 0.4) is 0 Å². The monoisotopic (exact) mass is 381 g/mol. The molecule has 0 spiro atoms. The van der Waals surface area contributed by atoms with Crippen molar-refractivity contribution in [3.8, 4) is 11.1 Å². The van der Waals surface area contributed by atoms with E-state index in [2.05, 4.69) is 24.3 Å². The Balaban J connectivity index is 1.77. The molecule has 1 atom stereocenters. The van der Waals surface area contributed by atoms with E-state index in [1.54, 1.807) is 6.92 Å². The van der Waals surface area contributed by atoms with E-state index >= 15 is 0 Å². The summed E-state index contributed by atoms with van der Waals surface area (Å²) in [6.07, 6.45) is -0.176. The van der Waals surface area contributed by atoms with E-state index < -0.39 is 18.1 Å². The molecule has 28 heavy (non-hydrogen) atoms. The standard InChI is InChI=1S/C23H27NO4/c1-4-24(21(22(25)26)13-15(2)3)23(27)28-14-20-18-11-7-5-9-16(18)17-10-6-8-12-19(17)20/h5-12,15,20-21H,4,13-14H2,1-3H3,(H,25,26). The number of amides is 1. The van der Waals surface area contributed by atoms with Gasteiger partial charge in [0, 0.05) is 12.5 Å². The van der Waals surface area contributed by atoms with Crippen LogP contribution >= 0.6 is 0 Å².